The Hall–Kier alpha value is -2.44. The summed E-state index contributed by atoms with van der Waals surface area (Å²) in [5, 5.41) is 2.82. The maximum absolute atomic E-state index is 11.5. The minimum atomic E-state index is -0.151. The van der Waals surface area contributed by atoms with E-state index in [0.29, 0.717) is 31.2 Å². The van der Waals surface area contributed by atoms with Crippen LogP contribution >= 0.6 is 0 Å². The number of hydrogen-bond acceptors (Lipinski definition) is 5. The van der Waals surface area contributed by atoms with Crippen LogP contribution in [0.5, 0.6) is 5.88 Å². The summed E-state index contributed by atoms with van der Waals surface area (Å²) in [4.78, 5) is 15.7. The third-order valence-corrected chi connectivity index (χ3v) is 4.56. The van der Waals surface area contributed by atoms with Gasteiger partial charge >= 0.3 is 0 Å². The minimum absolute atomic E-state index is 0.0925. The summed E-state index contributed by atoms with van der Waals surface area (Å²) in [5.41, 5.74) is 2.75. The number of pyridine rings is 1. The van der Waals surface area contributed by atoms with E-state index in [1.165, 1.54) is 6.92 Å². The molecule has 27 heavy (non-hydrogen) atoms. The van der Waals surface area contributed by atoms with Crippen LogP contribution in [-0.2, 0) is 27.3 Å². The lowest BCUT2D eigenvalue weighted by Gasteiger charge is -2.17. The Morgan fingerprint density at radius 2 is 2.00 bits per heavy atom. The number of anilines is 1. The second-order valence-electron chi connectivity index (χ2n) is 6.70. The lowest BCUT2D eigenvalue weighted by atomic mass is 10.0. The lowest BCUT2D eigenvalue weighted by Crippen LogP contribution is -2.19. The second-order valence-corrected chi connectivity index (χ2v) is 6.70. The van der Waals surface area contributed by atoms with E-state index in [-0.39, 0.29) is 18.1 Å². The fraction of sp³-hybridized carbons (Fsp3) is 0.429. The molecule has 1 aromatic heterocycles. The van der Waals surface area contributed by atoms with Gasteiger partial charge in [0.25, 0.3) is 0 Å². The van der Waals surface area contributed by atoms with Crippen LogP contribution in [0.15, 0.2) is 42.6 Å². The van der Waals surface area contributed by atoms with Crippen LogP contribution < -0.4 is 10.1 Å². The summed E-state index contributed by atoms with van der Waals surface area (Å²) in [7, 11) is 1.55. The van der Waals surface area contributed by atoms with E-state index in [2.05, 4.69) is 22.4 Å². The van der Waals surface area contributed by atoms with Gasteiger partial charge in [-0.1, -0.05) is 30.3 Å². The standard InChI is InChI=1S/C21H26N2O4/c1-15(24)23-20-17(10-11-22-21(20)25-2)12-18-8-9-19(27-18)14-26-13-16-6-4-3-5-7-16/h3-7,10-11,18-19H,8-9,12-14H2,1-2H3,(H,23,24)/t18-,19+/m1/s1. The molecule has 0 unspecified atom stereocenters. The quantitative estimate of drug-likeness (QED) is 0.772. The summed E-state index contributed by atoms with van der Waals surface area (Å²) in [5.74, 6) is 0.269. The Kier molecular flexibility index (Phi) is 6.79. The highest BCUT2D eigenvalue weighted by Crippen LogP contribution is 2.30. The normalized spacial score (nSPS) is 19.0. The van der Waals surface area contributed by atoms with Crippen molar-refractivity contribution in [3.63, 3.8) is 0 Å². The molecular formula is C21H26N2O4. The highest BCUT2D eigenvalue weighted by molar-refractivity contribution is 5.91. The Bertz CT molecular complexity index is 751. The first-order chi connectivity index (χ1) is 13.2. The van der Waals surface area contributed by atoms with Crippen LogP contribution in [0.3, 0.4) is 0 Å². The van der Waals surface area contributed by atoms with Gasteiger partial charge < -0.3 is 19.5 Å². The van der Waals surface area contributed by atoms with Gasteiger partial charge in [0.05, 0.1) is 32.5 Å². The Balaban J connectivity index is 1.53. The highest BCUT2D eigenvalue weighted by Gasteiger charge is 2.27. The number of nitrogens with zero attached hydrogens (tertiary/aromatic N) is 1. The van der Waals surface area contributed by atoms with Crippen molar-refractivity contribution in [2.24, 2.45) is 0 Å². The third-order valence-electron chi connectivity index (χ3n) is 4.56. The molecule has 1 aliphatic heterocycles. The largest absolute Gasteiger partial charge is 0.480 e. The SMILES string of the molecule is COc1nccc(C[C@H]2CC[C@@H](COCc3ccccc3)O2)c1NC(C)=O. The van der Waals surface area contributed by atoms with Crippen LogP contribution in [0.25, 0.3) is 0 Å². The van der Waals surface area contributed by atoms with Crippen molar-refractivity contribution in [3.8, 4) is 5.88 Å². The van der Waals surface area contributed by atoms with E-state index in [1.54, 1.807) is 13.3 Å². The predicted molar refractivity (Wildman–Crippen MR) is 103 cm³/mol. The van der Waals surface area contributed by atoms with Crippen LogP contribution in [0.2, 0.25) is 0 Å². The van der Waals surface area contributed by atoms with Gasteiger partial charge in [0.2, 0.25) is 11.8 Å². The number of nitrogens with one attached hydrogen (secondary N) is 1. The van der Waals surface area contributed by atoms with Gasteiger partial charge in [-0.2, -0.15) is 0 Å². The maximum Gasteiger partial charge on any atom is 0.237 e. The summed E-state index contributed by atoms with van der Waals surface area (Å²) < 4.78 is 17.2. The molecule has 2 aromatic rings. The molecule has 2 heterocycles. The minimum Gasteiger partial charge on any atom is -0.480 e. The number of carbonyl (C=O) groups is 1. The molecule has 2 atom stereocenters. The molecule has 144 valence electrons. The molecule has 0 bridgehead atoms. The monoisotopic (exact) mass is 370 g/mol. The maximum atomic E-state index is 11.5. The fourth-order valence-corrected chi connectivity index (χ4v) is 3.30. The molecule has 1 fully saturated rings. The predicted octanol–water partition coefficient (Wildman–Crippen LogP) is 3.36. The molecule has 1 amide bonds. The molecule has 6 nitrogen and oxygen atoms in total. The van der Waals surface area contributed by atoms with Gasteiger partial charge in [0.1, 0.15) is 5.69 Å². The van der Waals surface area contributed by atoms with Gasteiger partial charge in [-0.3, -0.25) is 4.79 Å². The zero-order chi connectivity index (χ0) is 19.1. The van der Waals surface area contributed by atoms with Crippen molar-refractivity contribution in [2.75, 3.05) is 19.0 Å². The molecule has 0 spiro atoms. The van der Waals surface area contributed by atoms with E-state index in [1.807, 2.05) is 24.3 Å². The summed E-state index contributed by atoms with van der Waals surface area (Å²) >= 11 is 0. The fourth-order valence-electron chi connectivity index (χ4n) is 3.30. The first-order valence-corrected chi connectivity index (χ1v) is 9.22. The molecule has 0 radical (unpaired) electrons. The van der Waals surface area contributed by atoms with Gasteiger partial charge in [-0.15, -0.1) is 0 Å². The first kappa shape index (κ1) is 19.3. The molecule has 1 aromatic carbocycles. The van der Waals surface area contributed by atoms with Crippen LogP contribution in [0.1, 0.15) is 30.9 Å². The highest BCUT2D eigenvalue weighted by atomic mass is 16.5. The van der Waals surface area contributed by atoms with Crippen molar-refractivity contribution < 1.29 is 19.0 Å². The number of methoxy groups -OCH3 is 1. The Morgan fingerprint density at radius 1 is 1.22 bits per heavy atom. The third kappa shape index (κ3) is 5.52. The van der Waals surface area contributed by atoms with E-state index in [9.17, 15) is 4.79 Å². The van der Waals surface area contributed by atoms with Crippen LogP contribution in [0.4, 0.5) is 5.69 Å². The van der Waals surface area contributed by atoms with E-state index < -0.39 is 0 Å². The number of aromatic nitrogens is 1. The average Bonchev–Trinajstić information content (AvgIpc) is 3.11. The Labute approximate surface area is 159 Å². The van der Waals surface area contributed by atoms with E-state index in [4.69, 9.17) is 14.2 Å². The van der Waals surface area contributed by atoms with Crippen LogP contribution in [0, 0.1) is 0 Å². The number of ether oxygens (including phenoxy) is 3. The summed E-state index contributed by atoms with van der Waals surface area (Å²) in [6.45, 7) is 2.66. The lowest BCUT2D eigenvalue weighted by molar-refractivity contribution is -0.114. The number of benzene rings is 1. The number of rotatable bonds is 8. The number of amides is 1. The zero-order valence-electron chi connectivity index (χ0n) is 15.8. The molecule has 6 heteroatoms. The number of carbonyl (C=O) groups excluding carboxylic acids is 1. The van der Waals surface area contributed by atoms with Crippen molar-refractivity contribution in [2.45, 2.75) is 45.0 Å². The molecule has 1 saturated heterocycles. The topological polar surface area (TPSA) is 69.7 Å². The van der Waals surface area contributed by atoms with Crippen molar-refractivity contribution in [3.05, 3.63) is 53.7 Å². The Morgan fingerprint density at radius 3 is 2.74 bits per heavy atom. The summed E-state index contributed by atoms with van der Waals surface area (Å²) in [6.07, 6.45) is 4.51. The molecule has 0 saturated carbocycles. The number of hydrogen-bond donors (Lipinski definition) is 1. The van der Waals surface area contributed by atoms with E-state index in [0.717, 1.165) is 24.0 Å². The molecule has 1 aliphatic rings. The zero-order valence-corrected chi connectivity index (χ0v) is 15.8. The van der Waals surface area contributed by atoms with Crippen LogP contribution in [-0.4, -0.2) is 36.8 Å². The molecule has 1 N–H and O–H groups in total. The molecule has 0 aliphatic carbocycles. The second kappa shape index (κ2) is 9.48. The first-order valence-electron chi connectivity index (χ1n) is 9.22. The van der Waals surface area contributed by atoms with Gasteiger partial charge in [-0.05, 0) is 30.0 Å². The van der Waals surface area contributed by atoms with Crippen molar-refractivity contribution >= 4 is 11.6 Å². The summed E-state index contributed by atoms with van der Waals surface area (Å²) in [6, 6.07) is 12.0. The van der Waals surface area contributed by atoms with Crippen molar-refractivity contribution in [1.29, 1.82) is 0 Å². The van der Waals surface area contributed by atoms with Gasteiger partial charge in [0.15, 0.2) is 0 Å². The van der Waals surface area contributed by atoms with Crippen molar-refractivity contribution in [1.82, 2.24) is 4.98 Å². The van der Waals surface area contributed by atoms with E-state index >= 15 is 0 Å². The van der Waals surface area contributed by atoms with Gasteiger partial charge in [-0.25, -0.2) is 4.98 Å². The molecule has 3 rings (SSSR count). The van der Waals surface area contributed by atoms with Gasteiger partial charge in [0, 0.05) is 19.5 Å². The molecular weight excluding hydrogens is 344 g/mol. The smallest absolute Gasteiger partial charge is 0.237 e. The average molecular weight is 370 g/mol.